The molecule has 0 bridgehead atoms. The molecule has 1 atom stereocenters. The van der Waals surface area contributed by atoms with Gasteiger partial charge < -0.3 is 20.7 Å². The van der Waals surface area contributed by atoms with Crippen molar-refractivity contribution in [3.05, 3.63) is 35.4 Å². The fourth-order valence-electron chi connectivity index (χ4n) is 3.15. The van der Waals surface area contributed by atoms with Crippen LogP contribution < -0.4 is 11.1 Å². The number of piperidine rings is 1. The average Bonchev–Trinajstić information content (AvgIpc) is 2.67. The number of aryl methyl sites for hydroxylation is 1. The Labute approximate surface area is 156 Å². The number of nitrogens with one attached hydrogen (secondary N) is 1. The minimum atomic E-state index is -0.639. The summed E-state index contributed by atoms with van der Waals surface area (Å²) in [5, 5.41) is 2.96. The molecule has 0 aliphatic carbocycles. The fraction of sp³-hybridized carbons (Fsp3) is 0.600. The van der Waals surface area contributed by atoms with Crippen LogP contribution in [0, 0.1) is 12.8 Å². The van der Waals surface area contributed by atoms with Gasteiger partial charge in [-0.25, -0.2) is 0 Å². The van der Waals surface area contributed by atoms with Crippen molar-refractivity contribution in [1.82, 2.24) is 10.2 Å². The fourth-order valence-corrected chi connectivity index (χ4v) is 3.15. The number of ether oxygens (including phenoxy) is 1. The summed E-state index contributed by atoms with van der Waals surface area (Å²) in [7, 11) is 0. The van der Waals surface area contributed by atoms with Gasteiger partial charge in [0.15, 0.2) is 0 Å². The maximum atomic E-state index is 12.6. The van der Waals surface area contributed by atoms with Gasteiger partial charge in [0.1, 0.15) is 6.04 Å². The van der Waals surface area contributed by atoms with E-state index in [9.17, 15) is 9.59 Å². The maximum Gasteiger partial charge on any atom is 0.244 e. The molecule has 0 aromatic heterocycles. The van der Waals surface area contributed by atoms with Gasteiger partial charge in [-0.1, -0.05) is 29.8 Å². The number of nitrogens with zero attached hydrogens (tertiary/aromatic N) is 1. The number of carbonyl (C=O) groups excluding carboxylic acids is 2. The lowest BCUT2D eigenvalue weighted by Crippen LogP contribution is -2.46. The molecule has 1 aliphatic rings. The standard InChI is InChI=1S/C20H31N3O3/c1-3-26-14-4-11-22-19(24)17-9-12-23(13-10-17)20(25)18(21)16-7-5-15(2)6-8-16/h5-8,17-18H,3-4,9-14,21H2,1-2H3,(H,22,24). The van der Waals surface area contributed by atoms with Crippen LogP contribution in [0.5, 0.6) is 0 Å². The van der Waals surface area contributed by atoms with Crippen LogP contribution in [0.25, 0.3) is 0 Å². The zero-order chi connectivity index (χ0) is 18.9. The molecule has 1 heterocycles. The number of hydrogen-bond donors (Lipinski definition) is 2. The van der Waals surface area contributed by atoms with Crippen molar-refractivity contribution >= 4 is 11.8 Å². The Bertz CT molecular complexity index is 580. The zero-order valence-corrected chi connectivity index (χ0v) is 15.9. The summed E-state index contributed by atoms with van der Waals surface area (Å²) < 4.78 is 5.26. The molecule has 0 spiro atoms. The number of nitrogens with two attached hydrogens (primary N) is 1. The first-order chi connectivity index (χ1) is 12.5. The first-order valence-corrected chi connectivity index (χ1v) is 9.49. The Kier molecular flexibility index (Phi) is 8.06. The van der Waals surface area contributed by atoms with E-state index in [4.69, 9.17) is 10.5 Å². The molecule has 1 fully saturated rings. The van der Waals surface area contributed by atoms with Crippen LogP contribution in [0.4, 0.5) is 0 Å². The summed E-state index contributed by atoms with van der Waals surface area (Å²) in [6.45, 7) is 7.12. The SMILES string of the molecule is CCOCCCNC(=O)C1CCN(C(=O)C(N)c2ccc(C)cc2)CC1. The zero-order valence-electron chi connectivity index (χ0n) is 15.9. The lowest BCUT2D eigenvalue weighted by molar-refractivity contribution is -0.136. The molecule has 1 unspecified atom stereocenters. The van der Waals surface area contributed by atoms with Crippen LogP contribution in [-0.2, 0) is 14.3 Å². The van der Waals surface area contributed by atoms with E-state index in [1.54, 1.807) is 4.90 Å². The van der Waals surface area contributed by atoms with E-state index in [1.807, 2.05) is 38.1 Å². The quantitative estimate of drug-likeness (QED) is 0.691. The number of amides is 2. The number of rotatable bonds is 8. The molecule has 144 valence electrons. The number of benzene rings is 1. The number of hydrogen-bond acceptors (Lipinski definition) is 4. The topological polar surface area (TPSA) is 84.7 Å². The number of carbonyl (C=O) groups is 2. The van der Waals surface area contributed by atoms with Gasteiger partial charge in [0.05, 0.1) is 0 Å². The van der Waals surface area contributed by atoms with E-state index in [2.05, 4.69) is 5.32 Å². The molecule has 3 N–H and O–H groups in total. The molecule has 1 saturated heterocycles. The van der Waals surface area contributed by atoms with Crippen LogP contribution in [-0.4, -0.2) is 49.6 Å². The van der Waals surface area contributed by atoms with Crippen molar-refractivity contribution in [3.63, 3.8) is 0 Å². The Morgan fingerprint density at radius 1 is 1.27 bits per heavy atom. The monoisotopic (exact) mass is 361 g/mol. The normalized spacial score (nSPS) is 16.3. The first kappa shape index (κ1) is 20.4. The molecule has 1 aliphatic heterocycles. The average molecular weight is 361 g/mol. The van der Waals surface area contributed by atoms with Crippen molar-refractivity contribution in [2.24, 2.45) is 11.7 Å². The number of likely N-dealkylation sites (tertiary alicyclic amines) is 1. The molecule has 6 nitrogen and oxygen atoms in total. The Morgan fingerprint density at radius 3 is 2.54 bits per heavy atom. The molecule has 1 aromatic rings. The molecular formula is C20H31N3O3. The smallest absolute Gasteiger partial charge is 0.244 e. The molecule has 0 saturated carbocycles. The van der Waals surface area contributed by atoms with Gasteiger partial charge in [0.25, 0.3) is 0 Å². The second kappa shape index (κ2) is 10.3. The van der Waals surface area contributed by atoms with Gasteiger partial charge >= 0.3 is 0 Å². The predicted octanol–water partition coefficient (Wildman–Crippen LogP) is 1.78. The molecular weight excluding hydrogens is 330 g/mol. The van der Waals surface area contributed by atoms with Gasteiger partial charge in [-0.2, -0.15) is 0 Å². The van der Waals surface area contributed by atoms with Crippen molar-refractivity contribution in [3.8, 4) is 0 Å². The van der Waals surface area contributed by atoms with Crippen LogP contribution >= 0.6 is 0 Å². The summed E-state index contributed by atoms with van der Waals surface area (Å²) >= 11 is 0. The van der Waals surface area contributed by atoms with Gasteiger partial charge in [-0.3, -0.25) is 9.59 Å². The summed E-state index contributed by atoms with van der Waals surface area (Å²) in [5.41, 5.74) is 8.11. The Balaban J connectivity index is 1.75. The Hall–Kier alpha value is -1.92. The summed E-state index contributed by atoms with van der Waals surface area (Å²) in [6, 6.07) is 7.09. The molecule has 26 heavy (non-hydrogen) atoms. The largest absolute Gasteiger partial charge is 0.382 e. The van der Waals surface area contributed by atoms with E-state index in [0.717, 1.165) is 17.5 Å². The van der Waals surface area contributed by atoms with Gasteiger partial charge in [0.2, 0.25) is 11.8 Å². The van der Waals surface area contributed by atoms with Crippen LogP contribution in [0.2, 0.25) is 0 Å². The van der Waals surface area contributed by atoms with E-state index < -0.39 is 6.04 Å². The molecule has 1 aromatic carbocycles. The second-order valence-corrected chi connectivity index (χ2v) is 6.83. The minimum absolute atomic E-state index is 0.0262. The van der Waals surface area contributed by atoms with Gasteiger partial charge in [-0.15, -0.1) is 0 Å². The Morgan fingerprint density at radius 2 is 1.92 bits per heavy atom. The lowest BCUT2D eigenvalue weighted by atomic mass is 9.94. The highest BCUT2D eigenvalue weighted by Gasteiger charge is 2.29. The van der Waals surface area contributed by atoms with E-state index >= 15 is 0 Å². The van der Waals surface area contributed by atoms with Gasteiger partial charge in [-0.05, 0) is 38.7 Å². The van der Waals surface area contributed by atoms with Crippen molar-refractivity contribution < 1.29 is 14.3 Å². The summed E-state index contributed by atoms with van der Waals surface area (Å²) in [6.07, 6.45) is 2.19. The predicted molar refractivity (Wildman–Crippen MR) is 102 cm³/mol. The van der Waals surface area contributed by atoms with E-state index in [0.29, 0.717) is 45.7 Å². The molecule has 6 heteroatoms. The minimum Gasteiger partial charge on any atom is -0.382 e. The van der Waals surface area contributed by atoms with Crippen molar-refractivity contribution in [2.75, 3.05) is 32.8 Å². The highest BCUT2D eigenvalue weighted by molar-refractivity contribution is 5.84. The highest BCUT2D eigenvalue weighted by Crippen LogP contribution is 2.21. The third kappa shape index (κ3) is 5.81. The highest BCUT2D eigenvalue weighted by atomic mass is 16.5. The summed E-state index contributed by atoms with van der Waals surface area (Å²) in [5.74, 6) is -0.0115. The van der Waals surface area contributed by atoms with Crippen LogP contribution in [0.1, 0.15) is 43.4 Å². The first-order valence-electron chi connectivity index (χ1n) is 9.49. The van der Waals surface area contributed by atoms with E-state index in [1.165, 1.54) is 0 Å². The molecule has 2 rings (SSSR count). The third-order valence-corrected chi connectivity index (χ3v) is 4.85. The third-order valence-electron chi connectivity index (χ3n) is 4.85. The second-order valence-electron chi connectivity index (χ2n) is 6.83. The lowest BCUT2D eigenvalue weighted by Gasteiger charge is -2.33. The molecule has 2 amide bonds. The summed E-state index contributed by atoms with van der Waals surface area (Å²) in [4.78, 5) is 26.6. The van der Waals surface area contributed by atoms with E-state index in [-0.39, 0.29) is 17.7 Å². The maximum absolute atomic E-state index is 12.6. The van der Waals surface area contributed by atoms with Crippen LogP contribution in [0.3, 0.4) is 0 Å². The van der Waals surface area contributed by atoms with Crippen molar-refractivity contribution in [2.45, 2.75) is 39.2 Å². The van der Waals surface area contributed by atoms with Crippen LogP contribution in [0.15, 0.2) is 24.3 Å². The van der Waals surface area contributed by atoms with Gasteiger partial charge in [0, 0.05) is 38.8 Å². The van der Waals surface area contributed by atoms with Crippen molar-refractivity contribution in [1.29, 1.82) is 0 Å². The molecule has 0 radical (unpaired) electrons.